The van der Waals surface area contributed by atoms with Crippen LogP contribution < -0.4 is 11.1 Å². The third kappa shape index (κ3) is 3.50. The summed E-state index contributed by atoms with van der Waals surface area (Å²) < 4.78 is 25.4. The topological polar surface area (TPSA) is 128 Å². The molecule has 1 aliphatic carbocycles. The Hall–Kier alpha value is -2.81. The van der Waals surface area contributed by atoms with Crippen LogP contribution >= 0.6 is 10.8 Å². The fourth-order valence-corrected chi connectivity index (χ4v) is 5.36. The van der Waals surface area contributed by atoms with Crippen molar-refractivity contribution >= 4 is 39.5 Å². The number of nitrogens with one attached hydrogen (secondary N) is 1. The highest BCUT2D eigenvalue weighted by Crippen LogP contribution is 2.56. The monoisotopic (exact) mass is 441 g/mol. The van der Waals surface area contributed by atoms with Gasteiger partial charge in [-0.25, -0.2) is 0 Å². The molecule has 2 aliphatic rings. The molecule has 8 heteroatoms. The van der Waals surface area contributed by atoms with Crippen LogP contribution in [0.25, 0.3) is 5.76 Å². The molecular formula is C23H27N3O4S. The van der Waals surface area contributed by atoms with E-state index in [4.69, 9.17) is 5.73 Å². The molecule has 0 saturated carbocycles. The van der Waals surface area contributed by atoms with Crippen LogP contribution in [0, 0.1) is 5.92 Å². The first-order valence-corrected chi connectivity index (χ1v) is 11.7. The number of fused-ring (bicyclic) bond motifs is 2. The number of hydrogen-bond donors (Lipinski definition) is 5. The number of carbonyl (C=O) groups is 1. The number of anilines is 2. The summed E-state index contributed by atoms with van der Waals surface area (Å²) in [7, 11) is -3.60. The molecule has 0 amide bonds. The zero-order chi connectivity index (χ0) is 22.6. The molecule has 1 heterocycles. The molecule has 31 heavy (non-hydrogen) atoms. The smallest absolute Gasteiger partial charge is 0.180 e. The van der Waals surface area contributed by atoms with Gasteiger partial charge in [0.05, 0.1) is 11.1 Å². The number of benzene rings is 2. The zero-order valence-electron chi connectivity index (χ0n) is 17.7. The minimum absolute atomic E-state index is 0.0348. The van der Waals surface area contributed by atoms with Crippen molar-refractivity contribution in [2.24, 2.45) is 10.3 Å². The van der Waals surface area contributed by atoms with Crippen LogP contribution in [0.2, 0.25) is 0 Å². The number of rotatable bonds is 4. The molecule has 164 valence electrons. The van der Waals surface area contributed by atoms with Crippen LogP contribution in [-0.4, -0.2) is 25.8 Å². The number of Topliss-reactive ketones (excluding diaryl/α,β-unsaturated/α-hetero) is 1. The normalized spacial score (nSPS) is 23.0. The Kier molecular flexibility index (Phi) is 5.12. The molecule has 1 aliphatic heterocycles. The number of carbonyl (C=O) groups excluding carboxylic acids is 1. The third-order valence-electron chi connectivity index (χ3n) is 5.97. The molecular weight excluding hydrogens is 414 g/mol. The first-order chi connectivity index (χ1) is 14.5. The average Bonchev–Trinajstić information content (AvgIpc) is 2.71. The van der Waals surface area contributed by atoms with E-state index in [0.29, 0.717) is 29.3 Å². The number of ketones is 1. The summed E-state index contributed by atoms with van der Waals surface area (Å²) in [6, 6.07) is 11.9. The number of nitrogens with zero attached hydrogens (tertiary/aromatic N) is 1. The number of nitrogen functional groups attached to an aromatic ring is 1. The Labute approximate surface area is 183 Å². The first kappa shape index (κ1) is 21.4. The molecule has 1 atom stereocenters. The predicted molar refractivity (Wildman–Crippen MR) is 125 cm³/mol. The lowest BCUT2D eigenvalue weighted by molar-refractivity contribution is -0.120. The van der Waals surface area contributed by atoms with Gasteiger partial charge in [0.2, 0.25) is 0 Å². The van der Waals surface area contributed by atoms with Gasteiger partial charge in [0.25, 0.3) is 0 Å². The van der Waals surface area contributed by atoms with Crippen LogP contribution in [0.3, 0.4) is 0 Å². The van der Waals surface area contributed by atoms with Crippen LogP contribution in [-0.2, 0) is 10.2 Å². The van der Waals surface area contributed by atoms with E-state index in [0.717, 1.165) is 12.0 Å². The fourth-order valence-electron chi connectivity index (χ4n) is 4.16. The summed E-state index contributed by atoms with van der Waals surface area (Å²) in [4.78, 5) is 14.0. The quantitative estimate of drug-likeness (QED) is 0.406. The Balaban J connectivity index is 1.88. The van der Waals surface area contributed by atoms with Crippen molar-refractivity contribution in [3.8, 4) is 0 Å². The fraction of sp³-hybridized carbons (Fsp3) is 0.304. The molecule has 0 spiro atoms. The van der Waals surface area contributed by atoms with E-state index in [1.54, 1.807) is 24.3 Å². The van der Waals surface area contributed by atoms with Crippen molar-refractivity contribution in [3.05, 3.63) is 59.2 Å². The van der Waals surface area contributed by atoms with E-state index in [1.165, 1.54) is 6.07 Å². The van der Waals surface area contributed by atoms with Crippen molar-refractivity contribution in [1.29, 1.82) is 0 Å². The van der Waals surface area contributed by atoms with Crippen LogP contribution in [0.15, 0.2) is 57.3 Å². The second-order valence-corrected chi connectivity index (χ2v) is 10.4. The van der Waals surface area contributed by atoms with Crippen molar-refractivity contribution in [1.82, 2.24) is 0 Å². The molecule has 6 N–H and O–H groups in total. The lowest BCUT2D eigenvalue weighted by Gasteiger charge is -2.39. The lowest BCUT2D eigenvalue weighted by atomic mass is 9.66. The molecule has 0 saturated heterocycles. The average molecular weight is 442 g/mol. The van der Waals surface area contributed by atoms with E-state index in [-0.39, 0.29) is 27.8 Å². The maximum Gasteiger partial charge on any atom is 0.180 e. The summed E-state index contributed by atoms with van der Waals surface area (Å²) in [6.45, 7) is 6.07. The number of hydrogen-bond acceptors (Lipinski definition) is 7. The predicted octanol–water partition coefficient (Wildman–Crippen LogP) is 5.36. The minimum Gasteiger partial charge on any atom is -0.506 e. The summed E-state index contributed by atoms with van der Waals surface area (Å²) in [5.41, 5.74) is 6.93. The molecule has 0 unspecified atom stereocenters. The van der Waals surface area contributed by atoms with Gasteiger partial charge in [-0.05, 0) is 49.4 Å². The van der Waals surface area contributed by atoms with E-state index < -0.39 is 16.2 Å². The van der Waals surface area contributed by atoms with Gasteiger partial charge >= 0.3 is 0 Å². The highest BCUT2D eigenvalue weighted by molar-refractivity contribution is 8.23. The molecule has 0 bridgehead atoms. The zero-order valence-corrected chi connectivity index (χ0v) is 18.5. The van der Waals surface area contributed by atoms with Gasteiger partial charge < -0.3 is 16.2 Å². The van der Waals surface area contributed by atoms with Crippen molar-refractivity contribution < 1.29 is 19.0 Å². The number of aliphatic hydroxyl groups excluding tert-OH is 1. The number of aliphatic hydroxyl groups is 1. The largest absolute Gasteiger partial charge is 0.506 e. The molecule has 0 radical (unpaired) electrons. The summed E-state index contributed by atoms with van der Waals surface area (Å²) in [5, 5.41) is 14.1. The lowest BCUT2D eigenvalue weighted by Crippen LogP contribution is -2.42. The highest BCUT2D eigenvalue weighted by atomic mass is 32.3. The number of nitrogens with two attached hydrogens (primary N) is 1. The second kappa shape index (κ2) is 7.40. The Morgan fingerprint density at radius 1 is 1.19 bits per heavy atom. The molecule has 2 aromatic rings. The van der Waals surface area contributed by atoms with Crippen molar-refractivity contribution in [2.45, 2.75) is 43.9 Å². The molecule has 2 aromatic carbocycles. The van der Waals surface area contributed by atoms with Gasteiger partial charge in [-0.2, -0.15) is 0 Å². The second-order valence-electron chi connectivity index (χ2n) is 8.70. The summed E-state index contributed by atoms with van der Waals surface area (Å²) in [6.07, 6.45) is 1.41. The van der Waals surface area contributed by atoms with Crippen molar-refractivity contribution in [3.63, 3.8) is 0 Å². The van der Waals surface area contributed by atoms with Gasteiger partial charge in [0.15, 0.2) is 11.6 Å². The van der Waals surface area contributed by atoms with Crippen LogP contribution in [0.1, 0.15) is 44.7 Å². The SMILES string of the molecule is CC(C)CC[C@@]1(C)C(=O)C(C2=NS(O)(O)c3cc(N)ccc3N2)=C(O)c2ccccc21. The Morgan fingerprint density at radius 3 is 2.61 bits per heavy atom. The standard InChI is InChI=1S/C23H27N3O4S/c1-13(2)10-11-23(3)16-7-5-4-6-15(16)20(27)19(21(23)28)22-25-17-9-8-14(24)12-18(17)31(29,30)26-22/h4-9,12-13,27,29-30H,10-11,24H2,1-3H3,(H,25,26)/t23-/m1/s1. The molecule has 0 aromatic heterocycles. The van der Waals surface area contributed by atoms with E-state index >= 15 is 0 Å². The molecule has 0 fully saturated rings. The highest BCUT2D eigenvalue weighted by Gasteiger charge is 2.46. The van der Waals surface area contributed by atoms with Gasteiger partial charge in [-0.3, -0.25) is 13.9 Å². The van der Waals surface area contributed by atoms with Crippen molar-refractivity contribution in [2.75, 3.05) is 11.1 Å². The first-order valence-electron chi connectivity index (χ1n) is 10.2. The molecule has 7 nitrogen and oxygen atoms in total. The van der Waals surface area contributed by atoms with E-state index in [1.807, 2.05) is 19.1 Å². The van der Waals surface area contributed by atoms with Gasteiger partial charge in [-0.1, -0.05) is 48.9 Å². The molecule has 4 rings (SSSR count). The number of amidine groups is 1. The van der Waals surface area contributed by atoms with E-state index in [2.05, 4.69) is 23.6 Å². The Morgan fingerprint density at radius 2 is 1.90 bits per heavy atom. The van der Waals surface area contributed by atoms with E-state index in [9.17, 15) is 19.0 Å². The third-order valence-corrected chi connectivity index (χ3v) is 7.34. The van der Waals surface area contributed by atoms with Gasteiger partial charge in [0, 0.05) is 11.3 Å². The maximum atomic E-state index is 13.8. The van der Waals surface area contributed by atoms with Gasteiger partial charge in [-0.15, -0.1) is 4.40 Å². The van der Waals surface area contributed by atoms with Crippen LogP contribution in [0.4, 0.5) is 11.4 Å². The maximum absolute atomic E-state index is 13.8. The minimum atomic E-state index is -3.60. The van der Waals surface area contributed by atoms with Crippen LogP contribution in [0.5, 0.6) is 0 Å². The Bertz CT molecular complexity index is 1140. The van der Waals surface area contributed by atoms with Gasteiger partial charge in [0.1, 0.15) is 16.2 Å². The summed E-state index contributed by atoms with van der Waals surface area (Å²) in [5.74, 6) is -0.174. The summed E-state index contributed by atoms with van der Waals surface area (Å²) >= 11 is 0.